The van der Waals surface area contributed by atoms with Crippen LogP contribution in [0.25, 0.3) is 11.5 Å². The van der Waals surface area contributed by atoms with Crippen molar-refractivity contribution in [1.29, 1.82) is 0 Å². The lowest BCUT2D eigenvalue weighted by Gasteiger charge is -2.01. The monoisotopic (exact) mass is 413 g/mol. The van der Waals surface area contributed by atoms with Gasteiger partial charge < -0.3 is 4.42 Å². The Morgan fingerprint density at radius 2 is 1.77 bits per heavy atom. The highest BCUT2D eigenvalue weighted by Gasteiger charge is 2.24. The molecule has 0 aliphatic heterocycles. The van der Waals surface area contributed by atoms with Crippen LogP contribution in [0.1, 0.15) is 5.56 Å². The topological polar surface area (TPSA) is 116 Å². The summed E-state index contributed by atoms with van der Waals surface area (Å²) >= 11 is 11.9. The van der Waals surface area contributed by atoms with E-state index in [1.54, 1.807) is 6.07 Å². The molecule has 1 heterocycles. The second-order valence-electron chi connectivity index (χ2n) is 5.18. The number of halogens is 2. The average molecular weight is 414 g/mol. The number of hydrogen-bond donors (Lipinski definition) is 0. The van der Waals surface area contributed by atoms with Gasteiger partial charge in [-0.25, -0.2) is 8.42 Å². The maximum atomic E-state index is 12.4. The van der Waals surface area contributed by atoms with Gasteiger partial charge in [0.25, 0.3) is 5.69 Å². The third-order valence-corrected chi connectivity index (χ3v) is 5.30. The van der Waals surface area contributed by atoms with Gasteiger partial charge in [-0.2, -0.15) is 0 Å². The van der Waals surface area contributed by atoms with Crippen molar-refractivity contribution in [3.8, 4) is 11.5 Å². The van der Waals surface area contributed by atoms with Gasteiger partial charge >= 0.3 is 5.22 Å². The number of nitro benzene ring substituents is 1. The predicted molar refractivity (Wildman–Crippen MR) is 93.7 cm³/mol. The summed E-state index contributed by atoms with van der Waals surface area (Å²) in [4.78, 5) is 10.1. The molecule has 11 heteroatoms. The molecule has 0 saturated heterocycles. The Bertz CT molecular complexity index is 1080. The van der Waals surface area contributed by atoms with Gasteiger partial charge in [-0.05, 0) is 23.8 Å². The van der Waals surface area contributed by atoms with Crippen molar-refractivity contribution in [3.63, 3.8) is 0 Å². The molecule has 0 atom stereocenters. The van der Waals surface area contributed by atoms with Gasteiger partial charge in [-0.1, -0.05) is 40.4 Å². The van der Waals surface area contributed by atoms with Crippen LogP contribution in [0.4, 0.5) is 5.69 Å². The van der Waals surface area contributed by atoms with E-state index in [2.05, 4.69) is 10.2 Å². The van der Waals surface area contributed by atoms with Gasteiger partial charge in [0.2, 0.25) is 15.7 Å². The van der Waals surface area contributed by atoms with Crippen molar-refractivity contribution in [2.45, 2.75) is 11.0 Å². The fraction of sp³-hybridized carbons (Fsp3) is 0.0667. The summed E-state index contributed by atoms with van der Waals surface area (Å²) in [6.07, 6.45) is 0. The van der Waals surface area contributed by atoms with Crippen LogP contribution in [0.3, 0.4) is 0 Å². The summed E-state index contributed by atoms with van der Waals surface area (Å²) in [5.74, 6) is -0.505. The second kappa shape index (κ2) is 7.02. The van der Waals surface area contributed by atoms with Crippen LogP contribution in [-0.4, -0.2) is 23.5 Å². The molecule has 0 spiro atoms. The quantitative estimate of drug-likeness (QED) is 0.459. The van der Waals surface area contributed by atoms with Crippen LogP contribution >= 0.6 is 23.2 Å². The van der Waals surface area contributed by atoms with E-state index in [1.807, 2.05) is 0 Å². The van der Waals surface area contributed by atoms with E-state index in [4.69, 9.17) is 27.6 Å². The molecule has 0 bridgehead atoms. The van der Waals surface area contributed by atoms with Gasteiger partial charge in [-0.15, -0.1) is 5.10 Å². The Labute approximate surface area is 157 Å². The van der Waals surface area contributed by atoms with Gasteiger partial charge in [0.05, 0.1) is 21.3 Å². The second-order valence-corrected chi connectivity index (χ2v) is 7.89. The first-order valence-corrected chi connectivity index (χ1v) is 9.42. The number of rotatable bonds is 5. The Kier molecular flexibility index (Phi) is 4.94. The highest BCUT2D eigenvalue weighted by Crippen LogP contribution is 2.30. The zero-order valence-corrected chi connectivity index (χ0v) is 15.1. The molecular weight excluding hydrogens is 405 g/mol. The van der Waals surface area contributed by atoms with Crippen molar-refractivity contribution in [2.75, 3.05) is 0 Å². The van der Waals surface area contributed by atoms with Crippen LogP contribution in [0.15, 0.2) is 52.1 Å². The third kappa shape index (κ3) is 3.85. The molecular formula is C15H9Cl2N3O5S. The van der Waals surface area contributed by atoms with Crippen LogP contribution in [0.5, 0.6) is 0 Å². The van der Waals surface area contributed by atoms with Crippen molar-refractivity contribution < 1.29 is 17.8 Å². The van der Waals surface area contributed by atoms with E-state index in [9.17, 15) is 18.5 Å². The maximum absolute atomic E-state index is 12.4. The summed E-state index contributed by atoms with van der Waals surface area (Å²) in [6.45, 7) is 0. The molecule has 134 valence electrons. The van der Waals surface area contributed by atoms with E-state index in [-0.39, 0.29) is 16.6 Å². The number of sulfone groups is 1. The fourth-order valence-corrected chi connectivity index (χ4v) is 3.72. The Morgan fingerprint density at radius 3 is 2.38 bits per heavy atom. The molecule has 0 radical (unpaired) electrons. The minimum atomic E-state index is -3.93. The summed E-state index contributed by atoms with van der Waals surface area (Å²) in [6, 6.07) is 9.69. The fourth-order valence-electron chi connectivity index (χ4n) is 2.10. The predicted octanol–water partition coefficient (Wildman–Crippen LogP) is 3.93. The highest BCUT2D eigenvalue weighted by atomic mass is 35.5. The zero-order chi connectivity index (χ0) is 18.9. The van der Waals surface area contributed by atoms with Gasteiger partial charge in [0.15, 0.2) is 0 Å². The first-order valence-electron chi connectivity index (χ1n) is 7.01. The highest BCUT2D eigenvalue weighted by molar-refractivity contribution is 7.90. The number of hydrogen-bond acceptors (Lipinski definition) is 7. The smallest absolute Gasteiger partial charge is 0.336 e. The van der Waals surface area contributed by atoms with Gasteiger partial charge in [0, 0.05) is 17.2 Å². The molecule has 0 saturated carbocycles. The van der Waals surface area contributed by atoms with Crippen molar-refractivity contribution in [3.05, 3.63) is 68.2 Å². The largest absolute Gasteiger partial charge is 0.408 e. The molecule has 0 aliphatic carbocycles. The molecule has 0 unspecified atom stereocenters. The lowest BCUT2D eigenvalue weighted by atomic mass is 10.2. The molecule has 0 amide bonds. The van der Waals surface area contributed by atoms with Gasteiger partial charge in [0.1, 0.15) is 0 Å². The van der Waals surface area contributed by atoms with Crippen molar-refractivity contribution >= 4 is 38.7 Å². The molecule has 8 nitrogen and oxygen atoms in total. The first-order chi connectivity index (χ1) is 12.3. The van der Waals surface area contributed by atoms with Crippen molar-refractivity contribution in [2.24, 2.45) is 0 Å². The number of non-ortho nitro benzene ring substituents is 1. The molecule has 2 aromatic carbocycles. The number of nitrogens with zero attached hydrogens (tertiary/aromatic N) is 3. The van der Waals surface area contributed by atoms with Crippen LogP contribution in [-0.2, 0) is 15.6 Å². The van der Waals surface area contributed by atoms with Crippen LogP contribution in [0.2, 0.25) is 10.0 Å². The van der Waals surface area contributed by atoms with E-state index in [0.717, 1.165) is 0 Å². The molecule has 26 heavy (non-hydrogen) atoms. The average Bonchev–Trinajstić information content (AvgIpc) is 3.05. The van der Waals surface area contributed by atoms with E-state index < -0.39 is 25.7 Å². The first kappa shape index (κ1) is 18.3. The molecule has 3 aromatic rings. The van der Waals surface area contributed by atoms with E-state index in [1.165, 1.54) is 36.4 Å². The van der Waals surface area contributed by atoms with Crippen LogP contribution < -0.4 is 0 Å². The zero-order valence-electron chi connectivity index (χ0n) is 12.8. The van der Waals surface area contributed by atoms with Gasteiger partial charge in [-0.3, -0.25) is 10.1 Å². The number of benzene rings is 2. The molecule has 0 fully saturated rings. The standard InChI is InChI=1S/C15H9Cl2N3O5S/c16-10-3-6-12(13(17)7-10)14-18-19-15(25-14)26(23,24)8-9-1-4-11(5-2-9)20(21)22/h1-7H,8H2. The Hall–Kier alpha value is -2.49. The van der Waals surface area contributed by atoms with Crippen molar-refractivity contribution in [1.82, 2.24) is 10.2 Å². The van der Waals surface area contributed by atoms with E-state index in [0.29, 0.717) is 16.1 Å². The number of nitro groups is 1. The number of aromatic nitrogens is 2. The Balaban J connectivity index is 1.86. The third-order valence-electron chi connectivity index (χ3n) is 3.34. The summed E-state index contributed by atoms with van der Waals surface area (Å²) in [5, 5.41) is 18.0. The molecule has 0 aliphatic rings. The summed E-state index contributed by atoms with van der Waals surface area (Å²) in [7, 11) is -3.93. The Morgan fingerprint density at radius 1 is 1.08 bits per heavy atom. The minimum absolute atomic E-state index is 0.0612. The summed E-state index contributed by atoms with van der Waals surface area (Å²) in [5.41, 5.74) is 0.559. The minimum Gasteiger partial charge on any atom is -0.408 e. The van der Waals surface area contributed by atoms with Crippen LogP contribution in [0, 0.1) is 10.1 Å². The molecule has 1 aromatic heterocycles. The SMILES string of the molecule is O=[N+]([O-])c1ccc(CS(=O)(=O)c2nnc(-c3ccc(Cl)cc3Cl)o2)cc1. The lowest BCUT2D eigenvalue weighted by molar-refractivity contribution is -0.384. The normalized spacial score (nSPS) is 11.5. The molecule has 0 N–H and O–H groups in total. The lowest BCUT2D eigenvalue weighted by Crippen LogP contribution is -2.05. The summed E-state index contributed by atoms with van der Waals surface area (Å²) < 4.78 is 30.1. The van der Waals surface area contributed by atoms with E-state index >= 15 is 0 Å². The molecule has 3 rings (SSSR count). The maximum Gasteiger partial charge on any atom is 0.336 e.